The molecule has 2 saturated heterocycles. The highest BCUT2D eigenvalue weighted by Gasteiger charge is 2.45. The Balaban J connectivity index is 0.892. The monoisotopic (exact) mass is 798 g/mol. The highest BCUT2D eigenvalue weighted by molar-refractivity contribution is 6.23. The molecule has 4 aliphatic heterocycles. The van der Waals surface area contributed by atoms with E-state index in [0.29, 0.717) is 49.3 Å². The third-order valence-corrected chi connectivity index (χ3v) is 10.7. The molecule has 0 aliphatic carbocycles. The molecule has 18 heteroatoms. The molecule has 4 aliphatic rings. The molecule has 3 aromatic carbocycles. The molecular weight excluding hydrogens is 761 g/mol. The zero-order chi connectivity index (χ0) is 40.9. The van der Waals surface area contributed by atoms with Crippen molar-refractivity contribution in [2.75, 3.05) is 57.1 Å². The van der Waals surface area contributed by atoms with Crippen LogP contribution >= 0.6 is 0 Å². The second-order valence-electron chi connectivity index (χ2n) is 14.4. The number of methoxy groups -OCH3 is 1. The van der Waals surface area contributed by atoms with Crippen LogP contribution in [0.5, 0.6) is 17.4 Å². The van der Waals surface area contributed by atoms with Crippen LogP contribution in [0.25, 0.3) is 0 Å². The van der Waals surface area contributed by atoms with Gasteiger partial charge in [-0.3, -0.25) is 39.1 Å². The number of amides is 5. The Labute approximate surface area is 329 Å². The molecule has 2 N–H and O–H groups in total. The number of nitrogens with zero attached hydrogens (tertiary/aromatic N) is 6. The van der Waals surface area contributed by atoms with Gasteiger partial charge in [-0.2, -0.15) is 18.2 Å². The Morgan fingerprint density at radius 1 is 0.914 bits per heavy atom. The highest BCUT2D eigenvalue weighted by atomic mass is 19.4. The van der Waals surface area contributed by atoms with Gasteiger partial charge < -0.3 is 24.6 Å². The fourth-order valence-electron chi connectivity index (χ4n) is 7.64. The number of hydrogen-bond acceptors (Lipinski definition) is 12. The molecular formula is C40H37F3N8O7. The summed E-state index contributed by atoms with van der Waals surface area (Å²) in [4.78, 5) is 78.0. The first-order valence-electron chi connectivity index (χ1n) is 18.6. The summed E-state index contributed by atoms with van der Waals surface area (Å²) in [6, 6.07) is 14.3. The molecule has 4 aromatic rings. The van der Waals surface area contributed by atoms with Gasteiger partial charge in [0.1, 0.15) is 23.1 Å². The van der Waals surface area contributed by atoms with E-state index >= 15 is 0 Å². The second-order valence-corrected chi connectivity index (χ2v) is 14.4. The van der Waals surface area contributed by atoms with Gasteiger partial charge in [0.05, 0.1) is 29.5 Å². The first-order chi connectivity index (χ1) is 27.8. The largest absolute Gasteiger partial charge is 0.495 e. The van der Waals surface area contributed by atoms with Crippen LogP contribution in [-0.4, -0.2) is 107 Å². The van der Waals surface area contributed by atoms with Crippen LogP contribution in [0.15, 0.2) is 60.8 Å². The number of carbonyl (C=O) groups is 5. The second kappa shape index (κ2) is 15.1. The Morgan fingerprint density at radius 2 is 1.69 bits per heavy atom. The topological polar surface area (TPSA) is 167 Å². The maximum absolute atomic E-state index is 14.0. The van der Waals surface area contributed by atoms with Crippen molar-refractivity contribution in [2.45, 2.75) is 38.0 Å². The van der Waals surface area contributed by atoms with Gasteiger partial charge in [0.2, 0.25) is 23.6 Å². The lowest BCUT2D eigenvalue weighted by atomic mass is 10.0. The minimum atomic E-state index is -4.83. The molecule has 1 aromatic heterocycles. The van der Waals surface area contributed by atoms with Crippen molar-refractivity contribution < 1.29 is 46.6 Å². The number of imide groups is 2. The van der Waals surface area contributed by atoms with Crippen LogP contribution < -0.4 is 25.0 Å². The van der Waals surface area contributed by atoms with E-state index in [9.17, 15) is 37.1 Å². The molecule has 300 valence electrons. The fraction of sp³-hybridized carbons (Fsp3) is 0.325. The smallest absolute Gasteiger partial charge is 0.423 e. The number of alkyl halides is 3. The first-order valence-corrected chi connectivity index (χ1v) is 18.6. The summed E-state index contributed by atoms with van der Waals surface area (Å²) in [5.41, 5.74) is 2.25. The molecule has 58 heavy (non-hydrogen) atoms. The highest BCUT2D eigenvalue weighted by Crippen LogP contribution is 2.40. The number of piperazine rings is 1. The van der Waals surface area contributed by atoms with Gasteiger partial charge in [-0.25, -0.2) is 4.98 Å². The Hall–Kier alpha value is -6.56. The zero-order valence-electron chi connectivity index (χ0n) is 31.4. The molecule has 5 heterocycles. The van der Waals surface area contributed by atoms with Crippen LogP contribution in [0, 0.1) is 0 Å². The number of hydrogen-bond donors (Lipinski definition) is 2. The summed E-state index contributed by atoms with van der Waals surface area (Å²) in [7, 11) is 3.07. The van der Waals surface area contributed by atoms with Crippen LogP contribution in [0.2, 0.25) is 0 Å². The third kappa shape index (κ3) is 7.26. The number of nitrogens with one attached hydrogen (secondary N) is 2. The number of fused-ring (bicyclic) bond motifs is 2. The van der Waals surface area contributed by atoms with E-state index < -0.39 is 47.3 Å². The molecule has 15 nitrogen and oxygen atoms in total. The van der Waals surface area contributed by atoms with Gasteiger partial charge in [0.25, 0.3) is 17.7 Å². The maximum atomic E-state index is 14.0. The molecule has 0 spiro atoms. The van der Waals surface area contributed by atoms with Crippen molar-refractivity contribution in [3.63, 3.8) is 0 Å². The summed E-state index contributed by atoms with van der Waals surface area (Å²) in [6.07, 6.45) is -3.38. The van der Waals surface area contributed by atoms with Crippen molar-refractivity contribution in [3.8, 4) is 17.4 Å². The van der Waals surface area contributed by atoms with Crippen molar-refractivity contribution in [2.24, 2.45) is 0 Å². The lowest BCUT2D eigenvalue weighted by Crippen LogP contribution is -2.54. The SMILES string of the molecule is COc1cc(CCN2CCN(c3ccc4c(c3)C(=O)N(C3CCC(=O)NC3=O)C4=O)CC2)ccc1Nc1ncc(C(F)(F)F)c(Oc2cccc3c2C(=O)N(C)C3)n1. The maximum Gasteiger partial charge on any atom is 0.423 e. The fourth-order valence-corrected chi connectivity index (χ4v) is 7.64. The molecule has 0 radical (unpaired) electrons. The van der Waals surface area contributed by atoms with Crippen LogP contribution in [0.3, 0.4) is 0 Å². The van der Waals surface area contributed by atoms with E-state index in [-0.39, 0.29) is 47.1 Å². The zero-order valence-corrected chi connectivity index (χ0v) is 31.4. The molecule has 5 amide bonds. The summed E-state index contributed by atoms with van der Waals surface area (Å²) in [5, 5.41) is 5.14. The number of carbonyl (C=O) groups excluding carboxylic acids is 5. The van der Waals surface area contributed by atoms with E-state index in [1.54, 1.807) is 43.4 Å². The number of piperidine rings is 1. The van der Waals surface area contributed by atoms with Gasteiger partial charge in [-0.15, -0.1) is 0 Å². The summed E-state index contributed by atoms with van der Waals surface area (Å²) < 4.78 is 53.4. The minimum absolute atomic E-state index is 0.0390. The van der Waals surface area contributed by atoms with Gasteiger partial charge in [0, 0.05) is 64.6 Å². The van der Waals surface area contributed by atoms with Crippen molar-refractivity contribution >= 4 is 46.9 Å². The van der Waals surface area contributed by atoms with E-state index in [4.69, 9.17) is 9.47 Å². The van der Waals surface area contributed by atoms with E-state index in [0.717, 1.165) is 35.8 Å². The third-order valence-electron chi connectivity index (χ3n) is 10.7. The predicted molar refractivity (Wildman–Crippen MR) is 201 cm³/mol. The number of benzene rings is 3. The Bertz CT molecular complexity index is 2370. The summed E-state index contributed by atoms with van der Waals surface area (Å²) in [6.45, 7) is 3.84. The van der Waals surface area contributed by atoms with Crippen LogP contribution in [-0.2, 0) is 28.7 Å². The van der Waals surface area contributed by atoms with E-state index in [2.05, 4.69) is 30.4 Å². The molecule has 2 fully saturated rings. The lowest BCUT2D eigenvalue weighted by Gasteiger charge is -2.36. The Kier molecular flexibility index (Phi) is 9.96. The number of aromatic nitrogens is 2. The summed E-state index contributed by atoms with van der Waals surface area (Å²) >= 11 is 0. The van der Waals surface area contributed by atoms with Crippen molar-refractivity contribution in [3.05, 3.63) is 94.2 Å². The van der Waals surface area contributed by atoms with E-state index in [1.807, 2.05) is 12.1 Å². The minimum Gasteiger partial charge on any atom is -0.495 e. The standard InChI is InChI=1S/C40H37F3N8O7/c1-48-21-23-4-3-5-30(33(23)38(48)56)58-35-27(40(41,42)43)20-44-39(47-35)45-28-9-6-22(18-31(28)57-2)12-13-49-14-16-50(17-15-49)24-7-8-25-26(19-24)37(55)51(36(25)54)29-10-11-32(52)46-34(29)53/h3-9,18-20,29H,10-17,21H2,1-2H3,(H,44,45,47)(H,46,52,53). The van der Waals surface area contributed by atoms with Crippen LogP contribution in [0.4, 0.5) is 30.5 Å². The molecule has 1 atom stereocenters. The number of anilines is 3. The normalized spacial score (nSPS) is 18.4. The number of rotatable bonds is 10. The van der Waals surface area contributed by atoms with Crippen molar-refractivity contribution in [1.82, 2.24) is 30.0 Å². The average molecular weight is 799 g/mol. The van der Waals surface area contributed by atoms with E-state index in [1.165, 1.54) is 18.1 Å². The summed E-state index contributed by atoms with van der Waals surface area (Å²) in [5.74, 6) is -3.08. The van der Waals surface area contributed by atoms with Gasteiger partial charge >= 0.3 is 6.18 Å². The molecule has 0 bridgehead atoms. The molecule has 8 rings (SSSR count). The van der Waals surface area contributed by atoms with Crippen molar-refractivity contribution in [1.29, 1.82) is 0 Å². The average Bonchev–Trinajstić information content (AvgIpc) is 3.63. The number of ether oxygens (including phenoxy) is 2. The predicted octanol–water partition coefficient (Wildman–Crippen LogP) is 4.39. The lowest BCUT2D eigenvalue weighted by molar-refractivity contribution is -0.139. The van der Waals surface area contributed by atoms with Gasteiger partial charge in [0.15, 0.2) is 0 Å². The van der Waals surface area contributed by atoms with Gasteiger partial charge in [-0.05, 0) is 60.4 Å². The van der Waals surface area contributed by atoms with Gasteiger partial charge in [-0.1, -0.05) is 18.2 Å². The molecule has 1 unspecified atom stereocenters. The number of halogens is 3. The Morgan fingerprint density at radius 3 is 2.43 bits per heavy atom. The van der Waals surface area contributed by atoms with Crippen LogP contribution in [0.1, 0.15) is 60.6 Å². The molecule has 0 saturated carbocycles. The quantitative estimate of drug-likeness (QED) is 0.218. The first kappa shape index (κ1) is 38.3.